The predicted octanol–water partition coefficient (Wildman–Crippen LogP) is 3.75. The van der Waals surface area contributed by atoms with Crippen LogP contribution in [0.1, 0.15) is 59.3 Å². The number of carboxylic acid groups (broad SMARTS) is 1. The van der Waals surface area contributed by atoms with Gasteiger partial charge in [-0.15, -0.1) is 0 Å². The fraction of sp³-hybridized carbons (Fsp3) is 0.647. The number of carbonyl (C=O) groups is 1. The van der Waals surface area contributed by atoms with Gasteiger partial charge in [0.15, 0.2) is 11.4 Å². The Labute approximate surface area is 121 Å². The van der Waals surface area contributed by atoms with Gasteiger partial charge in [0.2, 0.25) is 0 Å². The molecule has 0 saturated heterocycles. The second kappa shape index (κ2) is 5.94. The van der Waals surface area contributed by atoms with E-state index in [0.717, 1.165) is 38.6 Å². The minimum atomic E-state index is -0.683. The Kier molecular flexibility index (Phi) is 4.46. The number of hydrogen-bond acceptors (Lipinski definition) is 1. The molecule has 1 aliphatic heterocycles. The van der Waals surface area contributed by atoms with Crippen molar-refractivity contribution in [2.75, 3.05) is 6.54 Å². The minimum absolute atomic E-state index is 0.146. The zero-order chi connectivity index (χ0) is 14.8. The van der Waals surface area contributed by atoms with Crippen LogP contribution in [-0.2, 0) is 4.79 Å². The molecule has 0 aromatic rings. The molecule has 2 rings (SSSR count). The van der Waals surface area contributed by atoms with E-state index in [1.807, 2.05) is 0 Å². The molecule has 0 radical (unpaired) electrons. The molecule has 20 heavy (non-hydrogen) atoms. The molecule has 0 aromatic carbocycles. The van der Waals surface area contributed by atoms with Gasteiger partial charge in [0.25, 0.3) is 0 Å². The van der Waals surface area contributed by atoms with Crippen molar-refractivity contribution in [1.29, 1.82) is 0 Å². The highest BCUT2D eigenvalue weighted by Crippen LogP contribution is 2.41. The van der Waals surface area contributed by atoms with Gasteiger partial charge in [0.05, 0.1) is 5.41 Å². The summed E-state index contributed by atoms with van der Waals surface area (Å²) in [6.45, 7) is 7.88. The van der Waals surface area contributed by atoms with Gasteiger partial charge < -0.3 is 5.11 Å². The molecule has 110 valence electrons. The van der Waals surface area contributed by atoms with Crippen LogP contribution in [0.3, 0.4) is 0 Å². The molecule has 0 spiro atoms. The van der Waals surface area contributed by atoms with Crippen molar-refractivity contribution in [3.05, 3.63) is 23.4 Å². The molecule has 0 saturated carbocycles. The minimum Gasteiger partial charge on any atom is -0.481 e. The smallest absolute Gasteiger partial charge is 0.303 e. The molecule has 0 unspecified atom stereocenters. The normalized spacial score (nSPS) is 20.6. The Bertz CT molecular complexity index is 495. The molecular weight excluding hydrogens is 250 g/mol. The van der Waals surface area contributed by atoms with E-state index in [1.165, 1.54) is 17.0 Å². The average molecular weight is 276 g/mol. The molecule has 3 nitrogen and oxygen atoms in total. The standard InChI is InChI=1S/C17H25NO2/c1-13-17(2,3)14-9-6-7-10-15(14)18(13)12-8-4-5-11-16(19)20/h6,9H,4-5,7-8,10-12H2,1-3H3/p+1. The topological polar surface area (TPSA) is 40.3 Å². The highest BCUT2D eigenvalue weighted by Gasteiger charge is 2.44. The van der Waals surface area contributed by atoms with E-state index in [0.29, 0.717) is 6.42 Å². The third-order valence-corrected chi connectivity index (χ3v) is 4.72. The summed E-state index contributed by atoms with van der Waals surface area (Å²) < 4.78 is 2.49. The van der Waals surface area contributed by atoms with E-state index in [2.05, 4.69) is 37.5 Å². The van der Waals surface area contributed by atoms with Crippen LogP contribution in [0.2, 0.25) is 0 Å². The monoisotopic (exact) mass is 276 g/mol. The maximum absolute atomic E-state index is 10.5. The molecule has 0 amide bonds. The first-order chi connectivity index (χ1) is 9.44. The molecule has 0 aromatic heterocycles. The summed E-state index contributed by atoms with van der Waals surface area (Å²) >= 11 is 0. The summed E-state index contributed by atoms with van der Waals surface area (Å²) in [6.07, 6.45) is 10.0. The van der Waals surface area contributed by atoms with Crippen molar-refractivity contribution < 1.29 is 14.5 Å². The van der Waals surface area contributed by atoms with Crippen molar-refractivity contribution in [2.45, 2.75) is 59.3 Å². The summed E-state index contributed by atoms with van der Waals surface area (Å²) in [5.74, 6) is -0.683. The predicted molar refractivity (Wildman–Crippen MR) is 81.1 cm³/mol. The quantitative estimate of drug-likeness (QED) is 0.593. The van der Waals surface area contributed by atoms with E-state index >= 15 is 0 Å². The molecule has 3 heteroatoms. The number of carboxylic acids is 1. The van der Waals surface area contributed by atoms with Crippen LogP contribution in [-0.4, -0.2) is 27.9 Å². The average Bonchev–Trinajstić information content (AvgIpc) is 2.59. The Hall–Kier alpha value is -1.38. The fourth-order valence-corrected chi connectivity index (χ4v) is 3.26. The zero-order valence-electron chi connectivity index (χ0n) is 12.9. The second-order valence-electron chi connectivity index (χ2n) is 6.37. The fourth-order valence-electron chi connectivity index (χ4n) is 3.26. The van der Waals surface area contributed by atoms with Crippen molar-refractivity contribution in [3.8, 4) is 0 Å². The zero-order valence-corrected chi connectivity index (χ0v) is 12.9. The first-order valence-electron chi connectivity index (χ1n) is 7.68. The molecule has 2 aliphatic rings. The largest absolute Gasteiger partial charge is 0.481 e. The van der Waals surface area contributed by atoms with Gasteiger partial charge in [-0.1, -0.05) is 12.2 Å². The van der Waals surface area contributed by atoms with Gasteiger partial charge in [0, 0.05) is 31.8 Å². The van der Waals surface area contributed by atoms with E-state index in [9.17, 15) is 4.79 Å². The molecule has 0 bridgehead atoms. The highest BCUT2D eigenvalue weighted by atomic mass is 16.4. The lowest BCUT2D eigenvalue weighted by Gasteiger charge is -2.17. The maximum Gasteiger partial charge on any atom is 0.303 e. The van der Waals surface area contributed by atoms with Crippen LogP contribution in [0, 0.1) is 5.41 Å². The number of nitrogens with zero attached hydrogens (tertiary/aromatic N) is 1. The summed E-state index contributed by atoms with van der Waals surface area (Å²) in [5, 5.41) is 8.66. The van der Waals surface area contributed by atoms with Crippen molar-refractivity contribution in [3.63, 3.8) is 0 Å². The molecule has 1 aliphatic carbocycles. The summed E-state index contributed by atoms with van der Waals surface area (Å²) in [4.78, 5) is 10.5. The third kappa shape index (κ3) is 2.87. The van der Waals surface area contributed by atoms with Crippen LogP contribution in [0.5, 0.6) is 0 Å². The van der Waals surface area contributed by atoms with Gasteiger partial charge >= 0.3 is 5.97 Å². The van der Waals surface area contributed by atoms with Crippen LogP contribution >= 0.6 is 0 Å². The Morgan fingerprint density at radius 1 is 1.35 bits per heavy atom. The SMILES string of the molecule is CC1=[N+](CCCCCC(=O)O)C2=C(C=CCC2)C1(C)C. The van der Waals surface area contributed by atoms with Gasteiger partial charge in [-0.25, -0.2) is 4.58 Å². The van der Waals surface area contributed by atoms with Crippen LogP contribution in [0.4, 0.5) is 0 Å². The maximum atomic E-state index is 10.5. The van der Waals surface area contributed by atoms with Gasteiger partial charge in [-0.05, 0) is 33.1 Å². The Morgan fingerprint density at radius 3 is 2.80 bits per heavy atom. The molecule has 1 N–H and O–H groups in total. The number of aliphatic carboxylic acids is 1. The van der Waals surface area contributed by atoms with Gasteiger partial charge in [-0.3, -0.25) is 4.79 Å². The first kappa shape index (κ1) is 15.0. The third-order valence-electron chi connectivity index (χ3n) is 4.72. The van der Waals surface area contributed by atoms with Crippen LogP contribution in [0.15, 0.2) is 23.4 Å². The van der Waals surface area contributed by atoms with E-state index in [-0.39, 0.29) is 5.41 Å². The number of rotatable bonds is 6. The van der Waals surface area contributed by atoms with Gasteiger partial charge in [0.1, 0.15) is 6.54 Å². The summed E-state index contributed by atoms with van der Waals surface area (Å²) in [7, 11) is 0. The van der Waals surface area contributed by atoms with Crippen LogP contribution in [0.25, 0.3) is 0 Å². The molecule has 1 heterocycles. The van der Waals surface area contributed by atoms with Crippen molar-refractivity contribution >= 4 is 11.7 Å². The van der Waals surface area contributed by atoms with E-state index < -0.39 is 5.97 Å². The summed E-state index contributed by atoms with van der Waals surface area (Å²) in [5.41, 5.74) is 4.56. The Balaban J connectivity index is 1.99. The first-order valence-corrected chi connectivity index (χ1v) is 7.68. The lowest BCUT2D eigenvalue weighted by molar-refractivity contribution is -0.479. The lowest BCUT2D eigenvalue weighted by Crippen LogP contribution is -2.25. The molecule has 0 fully saturated rings. The lowest BCUT2D eigenvalue weighted by atomic mass is 9.79. The van der Waals surface area contributed by atoms with Crippen molar-refractivity contribution in [1.82, 2.24) is 0 Å². The number of allylic oxidation sites excluding steroid dienone is 4. The Morgan fingerprint density at radius 2 is 2.10 bits per heavy atom. The second-order valence-corrected chi connectivity index (χ2v) is 6.37. The molecular formula is C17H26NO2+. The van der Waals surface area contributed by atoms with Gasteiger partial charge in [-0.2, -0.15) is 0 Å². The van der Waals surface area contributed by atoms with Crippen molar-refractivity contribution in [2.24, 2.45) is 5.41 Å². The number of unbranched alkanes of at least 4 members (excludes halogenated alkanes) is 2. The highest BCUT2D eigenvalue weighted by molar-refractivity contribution is 5.89. The van der Waals surface area contributed by atoms with E-state index in [1.54, 1.807) is 0 Å². The summed E-state index contributed by atoms with van der Waals surface area (Å²) in [6, 6.07) is 0. The van der Waals surface area contributed by atoms with E-state index in [4.69, 9.17) is 5.11 Å². The molecule has 0 atom stereocenters. The van der Waals surface area contributed by atoms with Crippen LogP contribution < -0.4 is 0 Å². The number of hydrogen-bond donors (Lipinski definition) is 1.